The predicted octanol–water partition coefficient (Wildman–Crippen LogP) is 1.84. The lowest BCUT2D eigenvalue weighted by Crippen LogP contribution is -2.51. The van der Waals surface area contributed by atoms with Crippen LogP contribution in [0.4, 0.5) is 0 Å². The molecular weight excluding hydrogens is 242 g/mol. The molecule has 1 aliphatic rings. The van der Waals surface area contributed by atoms with Gasteiger partial charge in [-0.25, -0.2) is 0 Å². The summed E-state index contributed by atoms with van der Waals surface area (Å²) in [6, 6.07) is 11.6. The molecule has 1 aliphatic heterocycles. The normalized spacial score (nSPS) is 21.3. The quantitative estimate of drug-likeness (QED) is 0.898. The molecule has 0 saturated carbocycles. The molecule has 19 heavy (non-hydrogen) atoms. The highest BCUT2D eigenvalue weighted by Crippen LogP contribution is 2.46. The Morgan fingerprint density at radius 2 is 2.00 bits per heavy atom. The zero-order chi connectivity index (χ0) is 13.8. The maximum Gasteiger partial charge on any atom is 0.131 e. The van der Waals surface area contributed by atoms with Crippen LogP contribution in [0.3, 0.4) is 0 Å². The topological polar surface area (TPSA) is 62.5 Å². The summed E-state index contributed by atoms with van der Waals surface area (Å²) < 4.78 is 10.5. The molecule has 1 N–H and O–H groups in total. The number of hydrogen-bond donors (Lipinski definition) is 1. The molecule has 1 fully saturated rings. The number of ether oxygens (including phenoxy) is 2. The monoisotopic (exact) mass is 261 g/mol. The summed E-state index contributed by atoms with van der Waals surface area (Å²) in [5.41, 5.74) is -1.44. The van der Waals surface area contributed by atoms with Gasteiger partial charge in [0.15, 0.2) is 0 Å². The summed E-state index contributed by atoms with van der Waals surface area (Å²) in [5.74, 6) is 0. The van der Waals surface area contributed by atoms with E-state index in [-0.39, 0.29) is 6.61 Å². The van der Waals surface area contributed by atoms with Crippen LogP contribution in [0.15, 0.2) is 30.3 Å². The number of rotatable bonds is 4. The van der Waals surface area contributed by atoms with Crippen LogP contribution >= 0.6 is 0 Å². The molecule has 0 spiro atoms. The average Bonchev–Trinajstić information content (AvgIpc) is 2.49. The van der Waals surface area contributed by atoms with E-state index >= 15 is 0 Å². The van der Waals surface area contributed by atoms with Crippen molar-refractivity contribution in [1.29, 1.82) is 5.26 Å². The highest BCUT2D eigenvalue weighted by Gasteiger charge is 2.52. The number of aliphatic hydroxyl groups is 1. The Morgan fingerprint density at radius 1 is 1.37 bits per heavy atom. The minimum atomic E-state index is -1.30. The van der Waals surface area contributed by atoms with E-state index in [4.69, 9.17) is 9.47 Å². The molecule has 1 unspecified atom stereocenters. The van der Waals surface area contributed by atoms with Gasteiger partial charge in [-0.15, -0.1) is 0 Å². The molecule has 2 rings (SSSR count). The Kier molecular flexibility index (Phi) is 4.20. The number of benzene rings is 1. The summed E-state index contributed by atoms with van der Waals surface area (Å²) in [6.07, 6.45) is 1.02. The molecule has 0 amide bonds. The Labute approximate surface area is 113 Å². The summed E-state index contributed by atoms with van der Waals surface area (Å²) >= 11 is 0. The fraction of sp³-hybridized carbons (Fsp3) is 0.533. The van der Waals surface area contributed by atoms with Crippen molar-refractivity contribution in [3.05, 3.63) is 35.9 Å². The third-order valence-corrected chi connectivity index (χ3v) is 3.96. The zero-order valence-corrected chi connectivity index (χ0v) is 11.1. The third kappa shape index (κ3) is 2.37. The second-order valence-corrected chi connectivity index (χ2v) is 4.97. The number of nitriles is 1. The molecule has 0 aromatic heterocycles. The molecular formula is C15H19NO3. The highest BCUT2D eigenvalue weighted by atomic mass is 16.5. The van der Waals surface area contributed by atoms with Gasteiger partial charge in [-0.3, -0.25) is 0 Å². The van der Waals surface area contributed by atoms with E-state index < -0.39 is 11.0 Å². The first-order valence-corrected chi connectivity index (χ1v) is 6.44. The lowest BCUT2D eigenvalue weighted by Gasteiger charge is -2.44. The maximum absolute atomic E-state index is 11.2. The second kappa shape index (κ2) is 5.70. The smallest absolute Gasteiger partial charge is 0.131 e. The number of nitrogens with zero attached hydrogens (tertiary/aromatic N) is 1. The van der Waals surface area contributed by atoms with Crippen LogP contribution in [0.2, 0.25) is 0 Å². The minimum absolute atomic E-state index is 0.102. The molecule has 0 bridgehead atoms. The lowest BCUT2D eigenvalue weighted by molar-refractivity contribution is -0.141. The van der Waals surface area contributed by atoms with Gasteiger partial charge in [0.2, 0.25) is 0 Å². The van der Waals surface area contributed by atoms with Crippen molar-refractivity contribution in [2.75, 3.05) is 26.9 Å². The lowest BCUT2D eigenvalue weighted by atomic mass is 9.65. The molecule has 4 nitrogen and oxygen atoms in total. The third-order valence-electron chi connectivity index (χ3n) is 3.96. The van der Waals surface area contributed by atoms with Crippen LogP contribution in [-0.4, -0.2) is 32.0 Å². The van der Waals surface area contributed by atoms with Gasteiger partial charge in [0.1, 0.15) is 5.60 Å². The first-order chi connectivity index (χ1) is 9.18. The van der Waals surface area contributed by atoms with Crippen molar-refractivity contribution in [2.45, 2.75) is 18.4 Å². The molecule has 0 radical (unpaired) electrons. The van der Waals surface area contributed by atoms with Gasteiger partial charge >= 0.3 is 0 Å². The van der Waals surface area contributed by atoms with E-state index in [9.17, 15) is 10.4 Å². The fourth-order valence-electron chi connectivity index (χ4n) is 2.76. The van der Waals surface area contributed by atoms with Crippen LogP contribution < -0.4 is 0 Å². The maximum atomic E-state index is 11.2. The van der Waals surface area contributed by atoms with Crippen molar-refractivity contribution < 1.29 is 14.6 Å². The highest BCUT2D eigenvalue weighted by molar-refractivity contribution is 5.29. The van der Waals surface area contributed by atoms with Crippen molar-refractivity contribution >= 4 is 0 Å². The summed E-state index contributed by atoms with van der Waals surface area (Å²) in [7, 11) is 1.54. The predicted molar refractivity (Wildman–Crippen MR) is 70.3 cm³/mol. The molecule has 102 valence electrons. The van der Waals surface area contributed by atoms with Crippen molar-refractivity contribution in [2.24, 2.45) is 5.41 Å². The van der Waals surface area contributed by atoms with Gasteiger partial charge in [-0.1, -0.05) is 30.3 Å². The molecule has 4 heteroatoms. The van der Waals surface area contributed by atoms with Crippen LogP contribution in [0.25, 0.3) is 0 Å². The van der Waals surface area contributed by atoms with E-state index in [1.807, 2.05) is 30.3 Å². The molecule has 1 atom stereocenters. The zero-order valence-electron chi connectivity index (χ0n) is 11.1. The Hall–Kier alpha value is -1.41. The van der Waals surface area contributed by atoms with Crippen molar-refractivity contribution in [3.63, 3.8) is 0 Å². The van der Waals surface area contributed by atoms with Crippen LogP contribution in [0, 0.1) is 16.7 Å². The fourth-order valence-corrected chi connectivity index (χ4v) is 2.76. The van der Waals surface area contributed by atoms with Gasteiger partial charge in [0.05, 0.1) is 18.1 Å². The Morgan fingerprint density at radius 3 is 2.53 bits per heavy atom. The van der Waals surface area contributed by atoms with E-state index in [0.717, 1.165) is 5.56 Å². The standard InChI is InChI=1S/C15H19NO3/c1-18-12-15(17,13-5-3-2-4-6-13)14(11-16)7-9-19-10-8-14/h2-6,17H,7-10,12H2,1H3. The molecule has 1 aromatic carbocycles. The largest absolute Gasteiger partial charge is 0.381 e. The summed E-state index contributed by atoms with van der Waals surface area (Å²) in [5, 5.41) is 20.8. The minimum Gasteiger partial charge on any atom is -0.381 e. The first-order valence-electron chi connectivity index (χ1n) is 6.44. The number of hydrogen-bond acceptors (Lipinski definition) is 4. The molecule has 1 aromatic rings. The van der Waals surface area contributed by atoms with Crippen molar-refractivity contribution in [1.82, 2.24) is 0 Å². The van der Waals surface area contributed by atoms with Gasteiger partial charge in [-0.2, -0.15) is 5.26 Å². The number of methoxy groups -OCH3 is 1. The van der Waals surface area contributed by atoms with Crippen LogP contribution in [0.1, 0.15) is 18.4 Å². The second-order valence-electron chi connectivity index (χ2n) is 4.97. The Bertz CT molecular complexity index is 448. The SMILES string of the molecule is COCC(O)(c1ccccc1)C1(C#N)CCOCC1. The average molecular weight is 261 g/mol. The van der Waals surface area contributed by atoms with Crippen LogP contribution in [-0.2, 0) is 15.1 Å². The van der Waals surface area contributed by atoms with Crippen LogP contribution in [0.5, 0.6) is 0 Å². The summed E-state index contributed by atoms with van der Waals surface area (Å²) in [4.78, 5) is 0. The van der Waals surface area contributed by atoms with E-state index in [1.54, 1.807) is 0 Å². The molecule has 0 aliphatic carbocycles. The van der Waals surface area contributed by atoms with E-state index in [2.05, 4.69) is 6.07 Å². The van der Waals surface area contributed by atoms with Gasteiger partial charge in [-0.05, 0) is 18.4 Å². The summed E-state index contributed by atoms with van der Waals surface area (Å²) in [6.45, 7) is 1.09. The van der Waals surface area contributed by atoms with Crippen molar-refractivity contribution in [3.8, 4) is 6.07 Å². The van der Waals surface area contributed by atoms with Gasteiger partial charge in [0, 0.05) is 20.3 Å². The van der Waals surface area contributed by atoms with Gasteiger partial charge in [0.25, 0.3) is 0 Å². The first kappa shape index (κ1) is 14.0. The van der Waals surface area contributed by atoms with E-state index in [1.165, 1.54) is 7.11 Å². The Balaban J connectivity index is 2.46. The molecule has 1 heterocycles. The van der Waals surface area contributed by atoms with E-state index in [0.29, 0.717) is 26.1 Å². The molecule has 1 saturated heterocycles. The van der Waals surface area contributed by atoms with Gasteiger partial charge < -0.3 is 14.6 Å².